The van der Waals surface area contributed by atoms with Gasteiger partial charge in [0, 0.05) is 12.7 Å². The van der Waals surface area contributed by atoms with E-state index >= 15 is 0 Å². The van der Waals surface area contributed by atoms with Crippen LogP contribution in [0.2, 0.25) is 0 Å². The highest BCUT2D eigenvalue weighted by atomic mass is 16.5. The molecule has 0 aliphatic heterocycles. The molecule has 4 aliphatic carbocycles. The molecular formula is C31H42O4. The molecule has 0 unspecified atom stereocenters. The summed E-state index contributed by atoms with van der Waals surface area (Å²) in [4.78, 5) is 11.9. The topological polar surface area (TPSA) is 55.8 Å². The third kappa shape index (κ3) is 4.23. The monoisotopic (exact) mass is 478 g/mol. The number of carbonyl (C=O) groups is 1. The molecule has 4 heteroatoms. The maximum Gasteiger partial charge on any atom is 0.338 e. The summed E-state index contributed by atoms with van der Waals surface area (Å²) in [6.07, 6.45) is 10.6. The van der Waals surface area contributed by atoms with Crippen LogP contribution in [0.25, 0.3) is 0 Å². The molecule has 4 aliphatic rings. The Morgan fingerprint density at radius 2 is 1.74 bits per heavy atom. The van der Waals surface area contributed by atoms with Crippen molar-refractivity contribution in [1.82, 2.24) is 0 Å². The Morgan fingerprint density at radius 1 is 1.00 bits per heavy atom. The Labute approximate surface area is 211 Å². The van der Waals surface area contributed by atoms with Gasteiger partial charge in [-0.1, -0.05) is 25.7 Å². The maximum atomic E-state index is 11.9. The quantitative estimate of drug-likeness (QED) is 0.427. The van der Waals surface area contributed by atoms with Crippen molar-refractivity contribution in [2.24, 2.45) is 34.5 Å². The predicted molar refractivity (Wildman–Crippen MR) is 137 cm³/mol. The van der Waals surface area contributed by atoms with Crippen LogP contribution in [0.1, 0.15) is 94.5 Å². The van der Waals surface area contributed by atoms with Crippen LogP contribution in [0.15, 0.2) is 24.3 Å². The molecule has 5 rings (SSSR count). The van der Waals surface area contributed by atoms with Crippen LogP contribution >= 0.6 is 0 Å². The van der Waals surface area contributed by atoms with Gasteiger partial charge in [0.25, 0.3) is 0 Å². The largest absolute Gasteiger partial charge is 0.462 e. The molecule has 1 aromatic rings. The molecule has 0 bridgehead atoms. The molecule has 0 radical (unpaired) electrons. The van der Waals surface area contributed by atoms with E-state index in [0.29, 0.717) is 35.0 Å². The standard InChI is InChI=1S/C31H42O4/c1-5-35-28(32)22-8-6-21(7-9-22)14-17-31(33)19-18-29(2)23(20-31)10-11-24-25-12-13-27(34-4)30(25,3)16-15-26(24)29/h6-9,23-27,33H,5,10-13,15-16,18-20H2,1-4H3/t23-,24+,25+,26+,27+,29+,30+,31-/m1/s1. The minimum Gasteiger partial charge on any atom is -0.462 e. The van der Waals surface area contributed by atoms with Crippen molar-refractivity contribution in [2.75, 3.05) is 13.7 Å². The Hall–Kier alpha value is -1.83. The number of benzene rings is 1. The highest BCUT2D eigenvalue weighted by Gasteiger charge is 2.61. The number of hydrogen-bond donors (Lipinski definition) is 1. The van der Waals surface area contributed by atoms with Crippen LogP contribution in [-0.2, 0) is 9.47 Å². The molecule has 1 aromatic carbocycles. The van der Waals surface area contributed by atoms with Crippen LogP contribution in [0.3, 0.4) is 0 Å². The van der Waals surface area contributed by atoms with E-state index in [0.717, 1.165) is 42.6 Å². The molecule has 0 saturated heterocycles. The van der Waals surface area contributed by atoms with E-state index in [1.54, 1.807) is 19.1 Å². The molecule has 8 atom stereocenters. The molecular weight excluding hydrogens is 436 g/mol. The minimum atomic E-state index is -0.922. The van der Waals surface area contributed by atoms with Crippen molar-refractivity contribution in [1.29, 1.82) is 0 Å². The lowest BCUT2D eigenvalue weighted by Gasteiger charge is -2.61. The summed E-state index contributed by atoms with van der Waals surface area (Å²) < 4.78 is 11.0. The van der Waals surface area contributed by atoms with Crippen molar-refractivity contribution in [3.05, 3.63) is 35.4 Å². The predicted octanol–water partition coefficient (Wildman–Crippen LogP) is 6.00. The summed E-state index contributed by atoms with van der Waals surface area (Å²) in [5.41, 5.74) is 1.09. The van der Waals surface area contributed by atoms with Gasteiger partial charge in [-0.15, -0.1) is 0 Å². The summed E-state index contributed by atoms with van der Waals surface area (Å²) in [5.74, 6) is 9.03. The van der Waals surface area contributed by atoms with E-state index in [2.05, 4.69) is 25.7 Å². The highest BCUT2D eigenvalue weighted by Crippen LogP contribution is 2.67. The van der Waals surface area contributed by atoms with Crippen LogP contribution in [0.4, 0.5) is 0 Å². The van der Waals surface area contributed by atoms with Gasteiger partial charge < -0.3 is 14.6 Å². The zero-order valence-corrected chi connectivity index (χ0v) is 21.9. The molecule has 0 amide bonds. The number of fused-ring (bicyclic) bond motifs is 5. The van der Waals surface area contributed by atoms with Crippen molar-refractivity contribution in [3.63, 3.8) is 0 Å². The van der Waals surface area contributed by atoms with E-state index < -0.39 is 5.60 Å². The van der Waals surface area contributed by atoms with Crippen molar-refractivity contribution < 1.29 is 19.4 Å². The summed E-state index contributed by atoms with van der Waals surface area (Å²) in [5, 5.41) is 11.5. The first kappa shape index (κ1) is 24.8. The van der Waals surface area contributed by atoms with Gasteiger partial charge in [-0.3, -0.25) is 0 Å². The third-order valence-corrected chi connectivity index (χ3v) is 10.8. The number of esters is 1. The maximum absolute atomic E-state index is 11.9. The zero-order valence-electron chi connectivity index (χ0n) is 21.9. The fourth-order valence-electron chi connectivity index (χ4n) is 8.79. The van der Waals surface area contributed by atoms with Crippen LogP contribution in [0, 0.1) is 46.3 Å². The smallest absolute Gasteiger partial charge is 0.338 e. The van der Waals surface area contributed by atoms with Gasteiger partial charge in [-0.25, -0.2) is 4.79 Å². The zero-order chi connectivity index (χ0) is 24.8. The van der Waals surface area contributed by atoms with E-state index in [1.165, 1.54) is 38.5 Å². The average molecular weight is 479 g/mol. The van der Waals surface area contributed by atoms with Crippen LogP contribution in [0.5, 0.6) is 0 Å². The Kier molecular flexibility index (Phi) is 6.56. The number of aliphatic hydroxyl groups is 1. The Balaban J connectivity index is 1.28. The Bertz CT molecular complexity index is 1010. The van der Waals surface area contributed by atoms with Crippen molar-refractivity contribution >= 4 is 5.97 Å². The second-order valence-corrected chi connectivity index (χ2v) is 12.3. The molecule has 4 saturated carbocycles. The summed E-state index contributed by atoms with van der Waals surface area (Å²) >= 11 is 0. The molecule has 0 aromatic heterocycles. The lowest BCUT2D eigenvalue weighted by Crippen LogP contribution is -2.56. The van der Waals surface area contributed by atoms with Crippen LogP contribution < -0.4 is 0 Å². The fraction of sp³-hybridized carbons (Fsp3) is 0.710. The first-order valence-corrected chi connectivity index (χ1v) is 13.8. The van der Waals surface area contributed by atoms with E-state index in [-0.39, 0.29) is 5.97 Å². The van der Waals surface area contributed by atoms with Crippen molar-refractivity contribution in [3.8, 4) is 11.8 Å². The highest BCUT2D eigenvalue weighted by molar-refractivity contribution is 5.89. The molecule has 0 heterocycles. The van der Waals surface area contributed by atoms with Gasteiger partial charge in [-0.2, -0.15) is 0 Å². The molecule has 35 heavy (non-hydrogen) atoms. The SMILES string of the molecule is CCOC(=O)c1ccc(C#C[C@@]2(O)CC[C@@]3(C)[C@H](CC[C@@H]4[C@@H]3CC[C@]3(C)[C@@H](OC)CC[C@@H]43)C2)cc1. The van der Waals surface area contributed by atoms with E-state index in [1.807, 2.05) is 19.2 Å². The number of ether oxygens (including phenoxy) is 2. The van der Waals surface area contributed by atoms with E-state index in [4.69, 9.17) is 9.47 Å². The summed E-state index contributed by atoms with van der Waals surface area (Å²) in [7, 11) is 1.90. The molecule has 1 N–H and O–H groups in total. The van der Waals surface area contributed by atoms with Crippen molar-refractivity contribution in [2.45, 2.75) is 90.3 Å². The molecule has 190 valence electrons. The second-order valence-electron chi connectivity index (χ2n) is 12.3. The van der Waals surface area contributed by atoms with Gasteiger partial charge >= 0.3 is 5.97 Å². The van der Waals surface area contributed by atoms with Gasteiger partial charge in [0.05, 0.1) is 18.3 Å². The number of carbonyl (C=O) groups excluding carboxylic acids is 1. The number of hydrogen-bond acceptors (Lipinski definition) is 4. The average Bonchev–Trinajstić information content (AvgIpc) is 3.20. The normalized spacial score (nSPS) is 42.1. The minimum absolute atomic E-state index is 0.310. The summed E-state index contributed by atoms with van der Waals surface area (Å²) in [6, 6.07) is 7.18. The second kappa shape index (κ2) is 9.24. The lowest BCUT2D eigenvalue weighted by atomic mass is 9.44. The Morgan fingerprint density at radius 3 is 2.46 bits per heavy atom. The van der Waals surface area contributed by atoms with Gasteiger partial charge in [0.15, 0.2) is 0 Å². The van der Waals surface area contributed by atoms with Gasteiger partial charge in [0.1, 0.15) is 5.60 Å². The van der Waals surface area contributed by atoms with Gasteiger partial charge in [-0.05, 0) is 123 Å². The summed E-state index contributed by atoms with van der Waals surface area (Å²) in [6.45, 7) is 7.19. The molecule has 4 nitrogen and oxygen atoms in total. The molecule has 0 spiro atoms. The van der Waals surface area contributed by atoms with Gasteiger partial charge in [0.2, 0.25) is 0 Å². The fourth-order valence-corrected chi connectivity index (χ4v) is 8.79. The molecule has 4 fully saturated rings. The number of methoxy groups -OCH3 is 1. The van der Waals surface area contributed by atoms with Crippen LogP contribution in [-0.4, -0.2) is 36.5 Å². The van der Waals surface area contributed by atoms with E-state index in [9.17, 15) is 9.90 Å². The first-order chi connectivity index (χ1) is 16.7. The lowest BCUT2D eigenvalue weighted by molar-refractivity contribution is -0.146. The first-order valence-electron chi connectivity index (χ1n) is 13.8. The third-order valence-electron chi connectivity index (χ3n) is 10.8. The number of rotatable bonds is 3.